The summed E-state index contributed by atoms with van der Waals surface area (Å²) in [5.41, 5.74) is 0.866. The van der Waals surface area contributed by atoms with Crippen molar-refractivity contribution in [1.29, 1.82) is 0 Å². The Kier molecular flexibility index (Phi) is 13.9. The minimum Gasteiger partial charge on any atom is -0.493 e. The largest absolute Gasteiger partial charge is 0.493 e. The Labute approximate surface area is 190 Å². The van der Waals surface area contributed by atoms with Crippen LogP contribution in [0.5, 0.6) is 11.5 Å². The van der Waals surface area contributed by atoms with Crippen molar-refractivity contribution in [2.45, 2.75) is 52.8 Å². The van der Waals surface area contributed by atoms with Gasteiger partial charge in [0.1, 0.15) is 0 Å². The molecule has 0 saturated carbocycles. The summed E-state index contributed by atoms with van der Waals surface area (Å²) in [7, 11) is 3.14. The van der Waals surface area contributed by atoms with Gasteiger partial charge in [-0.1, -0.05) is 6.07 Å². The Morgan fingerprint density at radius 1 is 1.07 bits per heavy atom. The molecule has 0 aromatic heterocycles. The number of methoxy groups -OCH3 is 1. The van der Waals surface area contributed by atoms with Gasteiger partial charge in [-0.3, -0.25) is 9.89 Å². The van der Waals surface area contributed by atoms with Crippen LogP contribution in [0.25, 0.3) is 0 Å². The molecule has 0 bridgehead atoms. The molecule has 0 fully saturated rings. The number of hydrogen-bond donors (Lipinski definition) is 2. The van der Waals surface area contributed by atoms with Gasteiger partial charge in [0, 0.05) is 38.8 Å². The molecule has 0 amide bonds. The van der Waals surface area contributed by atoms with Crippen LogP contribution >= 0.6 is 24.0 Å². The minimum atomic E-state index is -2.89. The average molecular weight is 528 g/mol. The zero-order chi connectivity index (χ0) is 21.1. The van der Waals surface area contributed by atoms with E-state index in [-0.39, 0.29) is 35.5 Å². The number of alkyl halides is 2. The molecular formula is C20H35F2IN4O2. The van der Waals surface area contributed by atoms with Crippen LogP contribution in [0.15, 0.2) is 23.2 Å². The predicted molar refractivity (Wildman–Crippen MR) is 125 cm³/mol. The fourth-order valence-electron chi connectivity index (χ4n) is 3.03. The van der Waals surface area contributed by atoms with Crippen LogP contribution in [0.1, 0.15) is 33.3 Å². The highest BCUT2D eigenvalue weighted by atomic mass is 127. The van der Waals surface area contributed by atoms with E-state index < -0.39 is 6.61 Å². The van der Waals surface area contributed by atoms with Gasteiger partial charge in [-0.15, -0.1) is 24.0 Å². The zero-order valence-electron chi connectivity index (χ0n) is 18.2. The van der Waals surface area contributed by atoms with Gasteiger partial charge in [0.05, 0.1) is 7.11 Å². The number of guanidine groups is 1. The van der Waals surface area contributed by atoms with Crippen molar-refractivity contribution in [2.75, 3.05) is 33.8 Å². The number of aliphatic imine (C=N–C) groups is 1. The number of ether oxygens (including phenoxy) is 2. The van der Waals surface area contributed by atoms with Crippen molar-refractivity contribution in [1.82, 2.24) is 15.5 Å². The molecule has 0 saturated heterocycles. The second-order valence-electron chi connectivity index (χ2n) is 6.96. The van der Waals surface area contributed by atoms with E-state index in [2.05, 4.69) is 53.0 Å². The Morgan fingerprint density at radius 2 is 1.69 bits per heavy atom. The number of nitrogens with one attached hydrogen (secondary N) is 2. The molecule has 9 heteroatoms. The summed E-state index contributed by atoms with van der Waals surface area (Å²) in [6.45, 7) is 8.18. The lowest BCUT2D eigenvalue weighted by molar-refractivity contribution is -0.0512. The topological polar surface area (TPSA) is 58.1 Å². The lowest BCUT2D eigenvalue weighted by atomic mass is 10.1. The van der Waals surface area contributed by atoms with E-state index in [9.17, 15) is 8.78 Å². The smallest absolute Gasteiger partial charge is 0.387 e. The first-order valence-corrected chi connectivity index (χ1v) is 9.60. The molecule has 1 aromatic carbocycles. The summed E-state index contributed by atoms with van der Waals surface area (Å²) in [6.07, 6.45) is 0.633. The van der Waals surface area contributed by atoms with Crippen LogP contribution < -0.4 is 20.1 Å². The van der Waals surface area contributed by atoms with Crippen LogP contribution in [0.4, 0.5) is 8.78 Å². The third-order valence-electron chi connectivity index (χ3n) is 4.36. The van der Waals surface area contributed by atoms with Gasteiger partial charge in [0.15, 0.2) is 17.5 Å². The van der Waals surface area contributed by atoms with Gasteiger partial charge in [-0.2, -0.15) is 8.78 Å². The Morgan fingerprint density at radius 3 is 2.21 bits per heavy atom. The summed E-state index contributed by atoms with van der Waals surface area (Å²) in [4.78, 5) is 6.63. The van der Waals surface area contributed by atoms with Crippen LogP contribution in [0, 0.1) is 0 Å². The van der Waals surface area contributed by atoms with E-state index in [0.717, 1.165) is 18.7 Å². The highest BCUT2D eigenvalue weighted by Crippen LogP contribution is 2.29. The molecule has 1 rings (SSSR count). The molecule has 0 spiro atoms. The Balaban J connectivity index is 0.00000784. The molecular weight excluding hydrogens is 493 g/mol. The average Bonchev–Trinajstić information content (AvgIpc) is 2.62. The second-order valence-corrected chi connectivity index (χ2v) is 6.96. The van der Waals surface area contributed by atoms with Crippen molar-refractivity contribution in [3.8, 4) is 11.5 Å². The van der Waals surface area contributed by atoms with Crippen LogP contribution in [-0.4, -0.2) is 63.3 Å². The van der Waals surface area contributed by atoms with E-state index in [1.54, 1.807) is 19.2 Å². The van der Waals surface area contributed by atoms with Crippen molar-refractivity contribution in [3.05, 3.63) is 23.8 Å². The van der Waals surface area contributed by atoms with Crippen LogP contribution in [0.2, 0.25) is 0 Å². The maximum atomic E-state index is 12.5. The monoisotopic (exact) mass is 528 g/mol. The minimum absolute atomic E-state index is 0. The fraction of sp³-hybridized carbons (Fsp3) is 0.650. The molecule has 0 atom stereocenters. The molecule has 2 N–H and O–H groups in total. The lowest BCUT2D eigenvalue weighted by Crippen LogP contribution is -2.45. The summed E-state index contributed by atoms with van der Waals surface area (Å²) in [6, 6.07) is 6.00. The first-order valence-electron chi connectivity index (χ1n) is 9.60. The summed E-state index contributed by atoms with van der Waals surface area (Å²) in [5, 5.41) is 6.54. The van der Waals surface area contributed by atoms with Crippen molar-refractivity contribution >= 4 is 29.9 Å². The lowest BCUT2D eigenvalue weighted by Gasteiger charge is -2.30. The van der Waals surface area contributed by atoms with E-state index in [1.165, 1.54) is 7.11 Å². The highest BCUT2D eigenvalue weighted by molar-refractivity contribution is 14.0. The number of nitrogens with zero attached hydrogens (tertiary/aromatic N) is 2. The Hall–Kier alpha value is -1.36. The molecule has 0 aliphatic rings. The molecule has 6 nitrogen and oxygen atoms in total. The molecule has 1 aromatic rings. The first-order chi connectivity index (χ1) is 13.3. The van der Waals surface area contributed by atoms with Gasteiger partial charge >= 0.3 is 6.61 Å². The number of benzene rings is 1. The van der Waals surface area contributed by atoms with E-state index in [1.807, 2.05) is 6.07 Å². The fourth-order valence-corrected chi connectivity index (χ4v) is 3.03. The van der Waals surface area contributed by atoms with E-state index in [0.29, 0.717) is 31.0 Å². The first kappa shape index (κ1) is 27.6. The summed E-state index contributed by atoms with van der Waals surface area (Å²) >= 11 is 0. The molecule has 29 heavy (non-hydrogen) atoms. The predicted octanol–water partition coefficient (Wildman–Crippen LogP) is 3.74. The van der Waals surface area contributed by atoms with Crippen molar-refractivity contribution in [2.24, 2.45) is 4.99 Å². The summed E-state index contributed by atoms with van der Waals surface area (Å²) < 4.78 is 34.6. The van der Waals surface area contributed by atoms with E-state index in [4.69, 9.17) is 4.74 Å². The zero-order valence-corrected chi connectivity index (χ0v) is 20.5. The number of rotatable bonds is 11. The van der Waals surface area contributed by atoms with Crippen LogP contribution in [0.3, 0.4) is 0 Å². The maximum absolute atomic E-state index is 12.5. The third-order valence-corrected chi connectivity index (χ3v) is 4.36. The number of halogens is 3. The highest BCUT2D eigenvalue weighted by Gasteiger charge is 2.13. The third kappa shape index (κ3) is 10.3. The van der Waals surface area contributed by atoms with Gasteiger partial charge in [-0.05, 0) is 51.8 Å². The van der Waals surface area contributed by atoms with E-state index >= 15 is 0 Å². The molecule has 0 radical (unpaired) electrons. The van der Waals surface area contributed by atoms with Gasteiger partial charge in [0.25, 0.3) is 0 Å². The van der Waals surface area contributed by atoms with Gasteiger partial charge in [0.2, 0.25) is 0 Å². The molecule has 0 unspecified atom stereocenters. The quantitative estimate of drug-likeness (QED) is 0.261. The van der Waals surface area contributed by atoms with Gasteiger partial charge < -0.3 is 20.1 Å². The van der Waals surface area contributed by atoms with Crippen molar-refractivity contribution in [3.63, 3.8) is 0 Å². The molecule has 0 heterocycles. The molecule has 0 aliphatic heterocycles. The van der Waals surface area contributed by atoms with Gasteiger partial charge in [-0.25, -0.2) is 0 Å². The maximum Gasteiger partial charge on any atom is 0.387 e. The standard InChI is InChI=1S/C20H34F2N4O2.HI/c1-14(2)26(15(3)4)12-11-25-20(23-5)24-10-9-16-7-8-17(27-6)18(13-16)28-19(21)22;/h7-8,13-15,19H,9-12H2,1-6H3,(H2,23,24,25);1H. The SMILES string of the molecule is CN=C(NCCc1ccc(OC)c(OC(F)F)c1)NCCN(C(C)C)C(C)C.I. The molecule has 0 aliphatic carbocycles. The molecule has 168 valence electrons. The van der Waals surface area contributed by atoms with Crippen LogP contribution in [-0.2, 0) is 6.42 Å². The number of hydrogen-bond acceptors (Lipinski definition) is 4. The summed E-state index contributed by atoms with van der Waals surface area (Å²) in [5.74, 6) is 1.04. The Bertz CT molecular complexity index is 608. The second kappa shape index (κ2) is 14.6. The normalized spacial score (nSPS) is 11.8. The van der Waals surface area contributed by atoms with Crippen molar-refractivity contribution < 1.29 is 18.3 Å².